The monoisotopic (exact) mass is 1240 g/mol. The molecule has 0 aromatic heterocycles. The second-order valence-corrected chi connectivity index (χ2v) is 38.5. The highest BCUT2D eigenvalue weighted by molar-refractivity contribution is 5.22. The Kier molecular flexibility index (Phi) is 36.8. The van der Waals surface area contributed by atoms with E-state index in [4.69, 9.17) is 0 Å². The summed E-state index contributed by atoms with van der Waals surface area (Å²) in [6.45, 7) is 59.3. The summed E-state index contributed by atoms with van der Waals surface area (Å²) in [5.41, 5.74) is 7.14. The zero-order chi connectivity index (χ0) is 68.6. The van der Waals surface area contributed by atoms with Crippen LogP contribution in [0.15, 0.2) is 146 Å². The number of rotatable bonds is 0. The summed E-state index contributed by atoms with van der Waals surface area (Å²) in [6, 6.07) is 0. The Balaban J connectivity index is 0.000000489. The van der Waals surface area contributed by atoms with Crippen molar-refractivity contribution in [3.05, 3.63) is 146 Å². The number of hydrogen-bond donors (Lipinski definition) is 0. The Morgan fingerprint density at radius 2 is 0.522 bits per heavy atom. The van der Waals surface area contributed by atoms with Crippen LogP contribution in [0.4, 0.5) is 0 Å². The van der Waals surface area contributed by atoms with Gasteiger partial charge in [0.05, 0.1) is 0 Å². The highest BCUT2D eigenvalue weighted by Crippen LogP contribution is 2.44. The summed E-state index contributed by atoms with van der Waals surface area (Å²) in [4.78, 5) is 0. The van der Waals surface area contributed by atoms with E-state index in [2.05, 4.69) is 326 Å². The van der Waals surface area contributed by atoms with Crippen molar-refractivity contribution in [2.45, 2.75) is 353 Å². The van der Waals surface area contributed by atoms with Crippen molar-refractivity contribution in [1.82, 2.24) is 0 Å². The second kappa shape index (κ2) is 39.0. The predicted octanol–water partition coefficient (Wildman–Crippen LogP) is 30.5. The lowest BCUT2D eigenvalue weighted by molar-refractivity contribution is 0.190. The van der Waals surface area contributed by atoms with Gasteiger partial charge in [-0.25, -0.2) is 0 Å². The van der Waals surface area contributed by atoms with Crippen LogP contribution in [0.25, 0.3) is 0 Å². The fraction of sp³-hybridized carbons (Fsp3) is 0.733. The second-order valence-electron chi connectivity index (χ2n) is 38.5. The summed E-state index contributed by atoms with van der Waals surface area (Å²) in [5, 5.41) is 0. The van der Waals surface area contributed by atoms with Gasteiger partial charge >= 0.3 is 0 Å². The standard InChI is InChI=1S/C8H16.2C8H14.2C8H12.C7H14.2C7H12.C7H10.C6H12.C6H10.C5H10.C5H8/c5*1-8(2)6-4-3-5-7-8;4*1-7(2)5-3-4-6-7;2*1-6(2)4-3-5-6;2*1-5(2)3-4-5/h3-7H2,1-2H3;4,6H,3,5,7H2,1-2H3;3-4H,5-7H2,1-2H3;4-7H,3H2,1-2H3;3-6H,7H2,1-2H3;3-6H2,1-2H3;3,5H,4,6H2,1-2H3;3-4H,5-6H2,1-2H3;3-6H,1-2H3;3-5H2,1-2H3;3-4H,5H2,1-2H3;3-4H2,1-2H3;3-4H,1-2H3. The largest absolute Gasteiger partial charge is 0.0885 e. The molecule has 0 saturated heterocycles. The molecule has 516 valence electrons. The Labute approximate surface area is 566 Å². The molecule has 0 aromatic carbocycles. The van der Waals surface area contributed by atoms with Gasteiger partial charge in [-0.15, -0.1) is 0 Å². The average molecular weight is 1240 g/mol. The third-order valence-electron chi connectivity index (χ3n) is 19.8. The number of hydrogen-bond acceptors (Lipinski definition) is 0. The third kappa shape index (κ3) is 50.4. The maximum absolute atomic E-state index is 2.38. The van der Waals surface area contributed by atoms with E-state index in [-0.39, 0.29) is 0 Å². The van der Waals surface area contributed by atoms with Gasteiger partial charge in [-0.05, 0) is 189 Å². The Hall–Kier alpha value is -3.12. The molecule has 0 radical (unpaired) electrons. The van der Waals surface area contributed by atoms with Crippen molar-refractivity contribution in [2.24, 2.45) is 70.4 Å². The average Bonchev–Trinajstić information content (AvgIpc) is 2.45. The first-order chi connectivity index (χ1) is 41.2. The quantitative estimate of drug-likeness (QED) is 0.212. The van der Waals surface area contributed by atoms with Gasteiger partial charge in [0, 0.05) is 16.2 Å². The predicted molar refractivity (Wildman–Crippen MR) is 413 cm³/mol. The van der Waals surface area contributed by atoms with Crippen LogP contribution in [-0.2, 0) is 0 Å². The summed E-state index contributed by atoms with van der Waals surface area (Å²) in [7, 11) is 0. The molecule has 0 nitrogen and oxygen atoms in total. The van der Waals surface area contributed by atoms with Crippen LogP contribution in [0, 0.1) is 70.4 Å². The van der Waals surface area contributed by atoms with Crippen molar-refractivity contribution < 1.29 is 0 Å². The molecular weight excluding hydrogens is 1080 g/mol. The van der Waals surface area contributed by atoms with E-state index in [1.165, 1.54) is 167 Å². The fourth-order valence-corrected chi connectivity index (χ4v) is 11.2. The number of allylic oxidation sites excluding steroid dienone is 24. The molecule has 0 N–H and O–H groups in total. The lowest BCUT2D eigenvalue weighted by Crippen LogP contribution is -2.20. The van der Waals surface area contributed by atoms with Crippen LogP contribution in [0.3, 0.4) is 0 Å². The maximum atomic E-state index is 2.38. The molecule has 0 spiro atoms. The van der Waals surface area contributed by atoms with Gasteiger partial charge in [-0.2, -0.15) is 0 Å². The molecule has 13 aliphatic rings. The molecule has 90 heavy (non-hydrogen) atoms. The van der Waals surface area contributed by atoms with Gasteiger partial charge < -0.3 is 0 Å². The highest BCUT2D eigenvalue weighted by Gasteiger charge is 2.31. The highest BCUT2D eigenvalue weighted by atomic mass is 14.4. The molecule has 4 saturated carbocycles. The van der Waals surface area contributed by atoms with Crippen molar-refractivity contribution in [3.8, 4) is 0 Å². The summed E-state index contributed by atoms with van der Waals surface area (Å²) < 4.78 is 0. The van der Waals surface area contributed by atoms with Crippen molar-refractivity contribution in [1.29, 1.82) is 0 Å². The molecule has 13 aliphatic carbocycles. The van der Waals surface area contributed by atoms with E-state index in [0.717, 1.165) is 17.3 Å². The minimum Gasteiger partial charge on any atom is -0.0885 e. The third-order valence-corrected chi connectivity index (χ3v) is 19.8. The van der Waals surface area contributed by atoms with Crippen LogP contribution in [0.1, 0.15) is 353 Å². The Bertz CT molecular complexity index is 2250. The van der Waals surface area contributed by atoms with Gasteiger partial charge in [0.2, 0.25) is 0 Å². The molecule has 0 heteroatoms. The lowest BCUT2D eigenvalue weighted by atomic mass is 9.72. The summed E-state index contributed by atoms with van der Waals surface area (Å²) in [5.74, 6) is 0. The van der Waals surface area contributed by atoms with Crippen LogP contribution in [0.2, 0.25) is 0 Å². The molecule has 0 atom stereocenters. The van der Waals surface area contributed by atoms with E-state index >= 15 is 0 Å². The van der Waals surface area contributed by atoms with Gasteiger partial charge in [-0.3, -0.25) is 0 Å². The van der Waals surface area contributed by atoms with Crippen LogP contribution in [-0.4, -0.2) is 0 Å². The van der Waals surface area contributed by atoms with Gasteiger partial charge in [0.15, 0.2) is 0 Å². The first-order valence-corrected chi connectivity index (χ1v) is 37.3. The Morgan fingerprint density at radius 1 is 0.178 bits per heavy atom. The van der Waals surface area contributed by atoms with Crippen LogP contribution >= 0.6 is 0 Å². The zero-order valence-electron chi connectivity index (χ0n) is 65.4. The molecule has 0 amide bonds. The summed E-state index contributed by atoms with van der Waals surface area (Å²) in [6.07, 6.45) is 90.3. The molecule has 13 rings (SSSR count). The van der Waals surface area contributed by atoms with E-state index in [1.54, 1.807) is 0 Å². The van der Waals surface area contributed by atoms with Crippen LogP contribution < -0.4 is 0 Å². The van der Waals surface area contributed by atoms with E-state index in [9.17, 15) is 0 Å². The maximum Gasteiger partial charge on any atom is 0.00106 e. The normalized spacial score (nSPS) is 26.2. The zero-order valence-corrected chi connectivity index (χ0v) is 65.4. The van der Waals surface area contributed by atoms with Crippen molar-refractivity contribution in [3.63, 3.8) is 0 Å². The summed E-state index contributed by atoms with van der Waals surface area (Å²) >= 11 is 0. The smallest absolute Gasteiger partial charge is 0.00106 e. The van der Waals surface area contributed by atoms with Gasteiger partial charge in [0.1, 0.15) is 0 Å². The molecule has 0 heterocycles. The molecule has 0 unspecified atom stereocenters. The molecule has 4 fully saturated rings. The first-order valence-electron chi connectivity index (χ1n) is 37.3. The van der Waals surface area contributed by atoms with E-state index < -0.39 is 0 Å². The van der Waals surface area contributed by atoms with E-state index in [0.29, 0.717) is 59.6 Å². The topological polar surface area (TPSA) is 0 Å². The minimum atomic E-state index is 0.318. The SMILES string of the molecule is CC1(C)C=C1.CC1(C)C=CC1.CC1(C)C=CC=C1.CC1(C)C=CC=CC1.CC1(C)C=CCC1.CC1(C)C=CCC=C1.CC1(C)C=CCCC1.CC1(C)CC1.CC1(C)CC=CC1.CC1(C)CC=CCC1.CC1(C)CCC1.CC1(C)CCCC1.CC1(C)CCCCC1. The van der Waals surface area contributed by atoms with Crippen molar-refractivity contribution >= 4 is 0 Å². The Morgan fingerprint density at radius 3 is 0.667 bits per heavy atom. The van der Waals surface area contributed by atoms with E-state index in [1.807, 2.05) is 0 Å². The molecule has 0 aromatic rings. The van der Waals surface area contributed by atoms with Gasteiger partial charge in [0.25, 0.3) is 0 Å². The van der Waals surface area contributed by atoms with Crippen molar-refractivity contribution in [2.75, 3.05) is 0 Å². The van der Waals surface area contributed by atoms with Crippen LogP contribution in [0.5, 0.6) is 0 Å². The first kappa shape index (κ1) is 84.9. The molecule has 0 aliphatic heterocycles. The molecule has 0 bridgehead atoms. The molecular formula is C90H156. The minimum absolute atomic E-state index is 0.318. The van der Waals surface area contributed by atoms with Gasteiger partial charge in [-0.1, -0.05) is 364 Å². The lowest BCUT2D eigenvalue weighted by Gasteiger charge is -2.33. The fourth-order valence-electron chi connectivity index (χ4n) is 11.2.